The van der Waals surface area contributed by atoms with Crippen molar-refractivity contribution in [2.45, 2.75) is 29.3 Å². The van der Waals surface area contributed by atoms with Gasteiger partial charge in [0.05, 0.1) is 12.8 Å². The maximum Gasteiger partial charge on any atom is 0.238 e. The number of carbonyl (C=O) groups excluding carboxylic acids is 1. The van der Waals surface area contributed by atoms with E-state index in [1.165, 1.54) is 23.9 Å². The second-order valence-electron chi connectivity index (χ2n) is 6.61. The molecule has 0 bridgehead atoms. The first-order chi connectivity index (χ1) is 13.6. The van der Waals surface area contributed by atoms with E-state index in [1.807, 2.05) is 35.0 Å². The van der Waals surface area contributed by atoms with Gasteiger partial charge in [-0.2, -0.15) is 0 Å². The maximum absolute atomic E-state index is 13.4. The van der Waals surface area contributed by atoms with Crippen molar-refractivity contribution in [3.8, 4) is 11.4 Å². The monoisotopic (exact) mass is 397 g/mol. The third-order valence-electron chi connectivity index (χ3n) is 4.50. The first-order valence-corrected chi connectivity index (χ1v) is 9.92. The molecule has 2 aromatic carbocycles. The third-order valence-corrected chi connectivity index (χ3v) is 5.73. The van der Waals surface area contributed by atoms with E-state index < -0.39 is 5.25 Å². The minimum absolute atomic E-state index is 0.0840. The van der Waals surface area contributed by atoms with E-state index in [2.05, 4.69) is 10.3 Å². The maximum atomic E-state index is 13.4. The number of aromatic nitrogens is 2. The minimum Gasteiger partial charge on any atom is -0.497 e. The van der Waals surface area contributed by atoms with Crippen LogP contribution in [0.2, 0.25) is 0 Å². The molecule has 0 saturated heterocycles. The highest BCUT2D eigenvalue weighted by atomic mass is 32.2. The van der Waals surface area contributed by atoms with Crippen molar-refractivity contribution in [3.05, 3.63) is 72.3 Å². The van der Waals surface area contributed by atoms with Gasteiger partial charge >= 0.3 is 0 Å². The molecule has 0 radical (unpaired) electrons. The normalized spacial score (nSPS) is 14.5. The number of ether oxygens (including phenoxy) is 1. The van der Waals surface area contributed by atoms with Gasteiger partial charge in [-0.15, -0.1) is 0 Å². The number of nitrogens with one attached hydrogen (secondary N) is 1. The van der Waals surface area contributed by atoms with Crippen LogP contribution in [0.5, 0.6) is 5.75 Å². The number of amides is 1. The fourth-order valence-corrected chi connectivity index (χ4v) is 3.93. The van der Waals surface area contributed by atoms with Crippen LogP contribution in [-0.2, 0) is 4.79 Å². The zero-order valence-electron chi connectivity index (χ0n) is 15.3. The summed E-state index contributed by atoms with van der Waals surface area (Å²) in [5, 5.41) is 3.20. The average molecular weight is 397 g/mol. The van der Waals surface area contributed by atoms with Crippen LogP contribution in [0.25, 0.3) is 5.69 Å². The molecule has 4 rings (SSSR count). The van der Waals surface area contributed by atoms with Gasteiger partial charge in [0.25, 0.3) is 0 Å². The van der Waals surface area contributed by atoms with Crippen LogP contribution in [0, 0.1) is 5.82 Å². The van der Waals surface area contributed by atoms with Crippen molar-refractivity contribution in [1.82, 2.24) is 14.9 Å². The molecule has 0 aliphatic heterocycles. The summed E-state index contributed by atoms with van der Waals surface area (Å²) < 4.78 is 20.6. The van der Waals surface area contributed by atoms with Crippen LogP contribution >= 0.6 is 11.8 Å². The number of thioether (sulfide) groups is 1. The van der Waals surface area contributed by atoms with E-state index >= 15 is 0 Å². The fraction of sp³-hybridized carbons (Fsp3) is 0.238. The lowest BCUT2D eigenvalue weighted by Crippen LogP contribution is -2.30. The van der Waals surface area contributed by atoms with E-state index in [1.54, 1.807) is 25.4 Å². The molecule has 3 aromatic rings. The van der Waals surface area contributed by atoms with Crippen molar-refractivity contribution < 1.29 is 13.9 Å². The van der Waals surface area contributed by atoms with E-state index in [0.29, 0.717) is 5.16 Å². The average Bonchev–Trinajstić information content (AvgIpc) is 3.40. The Morgan fingerprint density at radius 3 is 2.79 bits per heavy atom. The summed E-state index contributed by atoms with van der Waals surface area (Å²) in [6, 6.07) is 13.9. The molecule has 1 aromatic heterocycles. The highest BCUT2D eigenvalue weighted by Gasteiger charge is 2.30. The van der Waals surface area contributed by atoms with Gasteiger partial charge in [-0.05, 0) is 42.7 Å². The fourth-order valence-electron chi connectivity index (χ4n) is 2.85. The molecular formula is C21H20FN3O2S. The molecule has 1 heterocycles. The summed E-state index contributed by atoms with van der Waals surface area (Å²) in [5.74, 6) is 0.330. The second kappa shape index (κ2) is 8.06. The lowest BCUT2D eigenvalue weighted by molar-refractivity contribution is -0.120. The smallest absolute Gasteiger partial charge is 0.238 e. The van der Waals surface area contributed by atoms with Crippen molar-refractivity contribution in [2.24, 2.45) is 0 Å². The highest BCUT2D eigenvalue weighted by molar-refractivity contribution is 8.00. The van der Waals surface area contributed by atoms with Crippen LogP contribution in [0.15, 0.2) is 66.1 Å². The predicted octanol–water partition coefficient (Wildman–Crippen LogP) is 4.13. The number of halogens is 1. The van der Waals surface area contributed by atoms with E-state index in [-0.39, 0.29) is 17.8 Å². The summed E-state index contributed by atoms with van der Waals surface area (Å²) in [7, 11) is 1.62. The number of hydrogen-bond donors (Lipinski definition) is 1. The number of carbonyl (C=O) groups is 1. The molecule has 1 N–H and O–H groups in total. The van der Waals surface area contributed by atoms with Gasteiger partial charge in [-0.3, -0.25) is 9.36 Å². The molecule has 1 unspecified atom stereocenters. The quantitative estimate of drug-likeness (QED) is 0.609. The zero-order valence-corrected chi connectivity index (χ0v) is 16.2. The summed E-state index contributed by atoms with van der Waals surface area (Å²) in [5.41, 5.74) is 1.63. The molecule has 1 fully saturated rings. The first kappa shape index (κ1) is 18.6. The Bertz CT molecular complexity index is 970. The van der Waals surface area contributed by atoms with Gasteiger partial charge in [0, 0.05) is 24.5 Å². The Kier molecular flexibility index (Phi) is 5.34. The molecule has 1 aliphatic rings. The molecule has 1 atom stereocenters. The predicted molar refractivity (Wildman–Crippen MR) is 106 cm³/mol. The van der Waals surface area contributed by atoms with Crippen LogP contribution in [0.1, 0.15) is 23.7 Å². The largest absolute Gasteiger partial charge is 0.497 e. The standard InChI is InChI=1S/C21H20FN3O2S/c1-27-18-4-2-3-17(13-18)25-12-11-23-21(25)28-19(20(26)24-16-9-10-16)14-5-7-15(22)8-6-14/h2-8,11-13,16,19H,9-10H2,1H3,(H,24,26). The van der Waals surface area contributed by atoms with Crippen LogP contribution in [0.3, 0.4) is 0 Å². The lowest BCUT2D eigenvalue weighted by atomic mass is 10.1. The molecule has 144 valence electrons. The topological polar surface area (TPSA) is 56.2 Å². The Balaban J connectivity index is 1.64. The lowest BCUT2D eigenvalue weighted by Gasteiger charge is -2.17. The summed E-state index contributed by atoms with van der Waals surface area (Å²) in [6.45, 7) is 0. The van der Waals surface area contributed by atoms with Gasteiger partial charge in [0.1, 0.15) is 16.8 Å². The van der Waals surface area contributed by atoms with Gasteiger partial charge in [-0.25, -0.2) is 9.37 Å². The summed E-state index contributed by atoms with van der Waals surface area (Å²) >= 11 is 1.34. The van der Waals surface area contributed by atoms with Gasteiger partial charge in [-0.1, -0.05) is 30.0 Å². The van der Waals surface area contributed by atoms with Crippen LogP contribution < -0.4 is 10.1 Å². The van der Waals surface area contributed by atoms with Gasteiger partial charge < -0.3 is 10.1 Å². The Labute approximate surface area is 166 Å². The second-order valence-corrected chi connectivity index (χ2v) is 7.69. The molecule has 1 saturated carbocycles. The molecule has 5 nitrogen and oxygen atoms in total. The van der Waals surface area contributed by atoms with Crippen molar-refractivity contribution >= 4 is 17.7 Å². The van der Waals surface area contributed by atoms with Crippen molar-refractivity contribution in [1.29, 1.82) is 0 Å². The number of benzene rings is 2. The SMILES string of the molecule is COc1cccc(-n2ccnc2SC(C(=O)NC2CC2)c2ccc(F)cc2)c1. The van der Waals surface area contributed by atoms with Crippen LogP contribution in [0.4, 0.5) is 4.39 Å². The Morgan fingerprint density at radius 2 is 2.07 bits per heavy atom. The number of methoxy groups -OCH3 is 1. The number of rotatable bonds is 7. The number of hydrogen-bond acceptors (Lipinski definition) is 4. The van der Waals surface area contributed by atoms with E-state index in [0.717, 1.165) is 29.8 Å². The summed E-state index contributed by atoms with van der Waals surface area (Å²) in [6.07, 6.45) is 5.55. The van der Waals surface area contributed by atoms with Crippen LogP contribution in [-0.4, -0.2) is 28.6 Å². The van der Waals surface area contributed by atoms with Gasteiger partial charge in [0.2, 0.25) is 5.91 Å². The van der Waals surface area contributed by atoms with E-state index in [9.17, 15) is 9.18 Å². The van der Waals surface area contributed by atoms with Gasteiger partial charge in [0.15, 0.2) is 5.16 Å². The molecule has 7 heteroatoms. The molecule has 1 aliphatic carbocycles. The van der Waals surface area contributed by atoms with E-state index in [4.69, 9.17) is 4.74 Å². The van der Waals surface area contributed by atoms with Crippen molar-refractivity contribution in [3.63, 3.8) is 0 Å². The number of imidazole rings is 1. The molecule has 0 spiro atoms. The Morgan fingerprint density at radius 1 is 1.29 bits per heavy atom. The van der Waals surface area contributed by atoms with Crippen molar-refractivity contribution in [2.75, 3.05) is 7.11 Å². The third kappa shape index (κ3) is 4.20. The molecule has 28 heavy (non-hydrogen) atoms. The zero-order chi connectivity index (χ0) is 19.5. The Hall–Kier alpha value is -2.80. The number of nitrogens with zero attached hydrogens (tertiary/aromatic N) is 2. The molecule has 1 amide bonds. The highest BCUT2D eigenvalue weighted by Crippen LogP contribution is 2.37. The first-order valence-electron chi connectivity index (χ1n) is 9.04. The molecular weight excluding hydrogens is 377 g/mol. The minimum atomic E-state index is -0.520. The summed E-state index contributed by atoms with van der Waals surface area (Å²) in [4.78, 5) is 17.3.